The summed E-state index contributed by atoms with van der Waals surface area (Å²) in [6.45, 7) is 1.99. The number of nitrogens with two attached hydrogens (primary N) is 1. The lowest BCUT2D eigenvalue weighted by Gasteiger charge is -2.43. The van der Waals surface area contributed by atoms with Gasteiger partial charge in [-0.2, -0.15) is 0 Å². The third-order valence-electron chi connectivity index (χ3n) is 2.82. The molecule has 2 heterocycles. The number of nitrogens with zero attached hydrogens (tertiary/aromatic N) is 1. The summed E-state index contributed by atoms with van der Waals surface area (Å²) >= 11 is 2.67. The van der Waals surface area contributed by atoms with E-state index in [1.54, 1.807) is 6.92 Å². The summed E-state index contributed by atoms with van der Waals surface area (Å²) in [6.07, 6.45) is -0.764. The van der Waals surface area contributed by atoms with E-state index < -0.39 is 18.0 Å². The molecular formula is C10H14N2O4S2. The third-order valence-corrected chi connectivity index (χ3v) is 5.51. The van der Waals surface area contributed by atoms with Crippen LogP contribution in [0.5, 0.6) is 0 Å². The van der Waals surface area contributed by atoms with Crippen LogP contribution in [-0.2, 0) is 9.59 Å². The number of carbonyl (C=O) groups is 2. The zero-order valence-corrected chi connectivity index (χ0v) is 11.3. The number of hydrogen-bond acceptors (Lipinski definition) is 6. The van der Waals surface area contributed by atoms with Gasteiger partial charge in [0.25, 0.3) is 0 Å². The number of rotatable bonds is 5. The smallest absolute Gasteiger partial charge is 0.354 e. The molecule has 0 aromatic rings. The van der Waals surface area contributed by atoms with Gasteiger partial charge >= 0.3 is 5.97 Å². The van der Waals surface area contributed by atoms with Crippen LogP contribution in [0.4, 0.5) is 0 Å². The van der Waals surface area contributed by atoms with Crippen LogP contribution in [-0.4, -0.2) is 50.8 Å². The minimum Gasteiger partial charge on any atom is -0.477 e. The van der Waals surface area contributed by atoms with Crippen LogP contribution >= 0.6 is 23.5 Å². The number of thioether (sulfide) groups is 2. The molecule has 2 aliphatic rings. The van der Waals surface area contributed by atoms with Crippen molar-refractivity contribution in [2.45, 2.75) is 18.4 Å². The number of hydrogen-bond donors (Lipinski definition) is 3. The Balaban J connectivity index is 2.21. The van der Waals surface area contributed by atoms with Crippen molar-refractivity contribution in [1.82, 2.24) is 4.90 Å². The van der Waals surface area contributed by atoms with Crippen LogP contribution in [0.2, 0.25) is 0 Å². The van der Waals surface area contributed by atoms with E-state index in [4.69, 9.17) is 5.73 Å². The molecule has 0 aromatic heterocycles. The number of aliphatic hydroxyl groups excluding tert-OH is 1. The van der Waals surface area contributed by atoms with E-state index in [-0.39, 0.29) is 17.0 Å². The molecule has 1 amide bonds. The molecule has 1 fully saturated rings. The lowest BCUT2D eigenvalue weighted by Crippen LogP contribution is -2.60. The van der Waals surface area contributed by atoms with E-state index in [0.717, 1.165) is 0 Å². The number of fused-ring (bicyclic) bond motifs is 1. The predicted molar refractivity (Wildman–Crippen MR) is 69.6 cm³/mol. The topological polar surface area (TPSA) is 104 Å². The van der Waals surface area contributed by atoms with Crippen LogP contribution in [0, 0.1) is 5.92 Å². The van der Waals surface area contributed by atoms with Crippen LogP contribution < -0.4 is 5.73 Å². The standard InChI is InChI=1S/C10H14N2O4S2/c1-4(13)5-7(14)12-6(9(15)16)10(17-3-2-11)18-8(5)12/h4-5,8,13H,2-3,11H2,1H3,(H,15,16)/t4-,5+,8+/m1/s1. The number of carboxylic acid groups (broad SMARTS) is 1. The Morgan fingerprint density at radius 1 is 1.67 bits per heavy atom. The highest BCUT2D eigenvalue weighted by Gasteiger charge is 2.57. The maximum atomic E-state index is 11.8. The van der Waals surface area contributed by atoms with E-state index in [9.17, 15) is 19.8 Å². The van der Waals surface area contributed by atoms with Crippen molar-refractivity contribution in [1.29, 1.82) is 0 Å². The van der Waals surface area contributed by atoms with E-state index in [2.05, 4.69) is 0 Å². The molecule has 0 bridgehead atoms. The number of β-lactam (4-membered cyclic amide) rings is 1. The summed E-state index contributed by atoms with van der Waals surface area (Å²) in [5, 5.41) is 18.4. The summed E-state index contributed by atoms with van der Waals surface area (Å²) in [7, 11) is 0. The first-order chi connectivity index (χ1) is 8.49. The zero-order valence-electron chi connectivity index (χ0n) is 9.70. The van der Waals surface area contributed by atoms with Crippen molar-refractivity contribution in [3.8, 4) is 0 Å². The Kier molecular flexibility index (Phi) is 3.90. The molecule has 0 saturated carbocycles. The van der Waals surface area contributed by atoms with Crippen LogP contribution in [0.3, 0.4) is 0 Å². The fourth-order valence-electron chi connectivity index (χ4n) is 2.00. The Morgan fingerprint density at radius 3 is 2.83 bits per heavy atom. The summed E-state index contributed by atoms with van der Waals surface area (Å²) in [5.74, 6) is -1.33. The van der Waals surface area contributed by atoms with Crippen molar-refractivity contribution >= 4 is 35.4 Å². The average Bonchev–Trinajstić information content (AvgIpc) is 2.60. The molecule has 3 atom stereocenters. The van der Waals surface area contributed by atoms with E-state index >= 15 is 0 Å². The minimum atomic E-state index is -1.11. The fourth-order valence-corrected chi connectivity index (χ4v) is 4.77. The first kappa shape index (κ1) is 13.7. The van der Waals surface area contributed by atoms with Gasteiger partial charge in [-0.15, -0.1) is 11.8 Å². The fraction of sp³-hybridized carbons (Fsp3) is 0.600. The molecule has 0 aliphatic carbocycles. The Morgan fingerprint density at radius 2 is 2.33 bits per heavy atom. The van der Waals surface area contributed by atoms with Crippen LogP contribution in [0.15, 0.2) is 9.93 Å². The van der Waals surface area contributed by atoms with Crippen molar-refractivity contribution in [3.63, 3.8) is 0 Å². The van der Waals surface area contributed by atoms with Crippen molar-refractivity contribution in [2.24, 2.45) is 11.7 Å². The molecule has 8 heteroatoms. The van der Waals surface area contributed by atoms with Gasteiger partial charge in [0.15, 0.2) is 5.70 Å². The Bertz CT molecular complexity index is 424. The minimum absolute atomic E-state index is 0.0327. The van der Waals surface area contributed by atoms with Gasteiger partial charge in [0.1, 0.15) is 5.37 Å². The summed E-state index contributed by atoms with van der Waals surface area (Å²) in [5.41, 5.74) is 5.43. The number of aliphatic hydroxyl groups is 1. The summed E-state index contributed by atoms with van der Waals surface area (Å²) in [6, 6.07) is 0. The Labute approximate surface area is 113 Å². The molecule has 6 nitrogen and oxygen atoms in total. The normalized spacial score (nSPS) is 28.2. The number of carbonyl (C=O) groups excluding carboxylic acids is 1. The Hall–Kier alpha value is -0.700. The maximum absolute atomic E-state index is 11.8. The van der Waals surface area contributed by atoms with Gasteiger partial charge in [-0.05, 0) is 6.92 Å². The molecule has 2 aliphatic heterocycles. The molecule has 0 radical (unpaired) electrons. The molecule has 2 rings (SSSR count). The van der Waals surface area contributed by atoms with E-state index in [1.165, 1.54) is 28.4 Å². The van der Waals surface area contributed by atoms with E-state index in [1.807, 2.05) is 0 Å². The second-order valence-electron chi connectivity index (χ2n) is 4.06. The molecule has 0 spiro atoms. The van der Waals surface area contributed by atoms with Gasteiger partial charge in [-0.1, -0.05) is 11.8 Å². The lowest BCUT2D eigenvalue weighted by molar-refractivity contribution is -0.156. The van der Waals surface area contributed by atoms with Crippen molar-refractivity contribution < 1.29 is 19.8 Å². The van der Waals surface area contributed by atoms with Gasteiger partial charge in [-0.3, -0.25) is 9.69 Å². The molecule has 4 N–H and O–H groups in total. The molecule has 18 heavy (non-hydrogen) atoms. The highest BCUT2D eigenvalue weighted by Crippen LogP contribution is 2.53. The number of carboxylic acids is 1. The van der Waals surface area contributed by atoms with E-state index in [0.29, 0.717) is 16.5 Å². The van der Waals surface area contributed by atoms with Crippen molar-refractivity contribution in [2.75, 3.05) is 12.3 Å². The average molecular weight is 290 g/mol. The quantitative estimate of drug-likeness (QED) is 0.605. The molecule has 0 unspecified atom stereocenters. The van der Waals surface area contributed by atoms with Gasteiger partial charge < -0.3 is 15.9 Å². The number of amides is 1. The van der Waals surface area contributed by atoms with Gasteiger partial charge in [-0.25, -0.2) is 4.79 Å². The molecular weight excluding hydrogens is 276 g/mol. The summed E-state index contributed by atoms with van der Waals surface area (Å²) < 4.78 is 0.606. The highest BCUT2D eigenvalue weighted by atomic mass is 32.2. The zero-order chi connectivity index (χ0) is 13.4. The predicted octanol–water partition coefficient (Wildman–Crippen LogP) is -0.156. The SMILES string of the molecule is C[C@@H](O)[C@H]1C(=O)N2C(C(=O)O)=C(SCCN)S[C@@H]12. The van der Waals surface area contributed by atoms with Crippen LogP contribution in [0.25, 0.3) is 0 Å². The molecule has 100 valence electrons. The highest BCUT2D eigenvalue weighted by molar-refractivity contribution is 8.22. The largest absolute Gasteiger partial charge is 0.477 e. The van der Waals surface area contributed by atoms with Crippen molar-refractivity contribution in [3.05, 3.63) is 9.93 Å². The third kappa shape index (κ3) is 2.03. The van der Waals surface area contributed by atoms with Gasteiger partial charge in [0.2, 0.25) is 5.91 Å². The number of aliphatic carboxylic acids is 1. The second kappa shape index (κ2) is 5.12. The first-order valence-electron chi connectivity index (χ1n) is 5.47. The molecule has 0 aromatic carbocycles. The first-order valence-corrected chi connectivity index (χ1v) is 7.33. The lowest BCUT2D eigenvalue weighted by atomic mass is 9.92. The second-order valence-corrected chi connectivity index (χ2v) is 6.55. The maximum Gasteiger partial charge on any atom is 0.354 e. The molecule has 1 saturated heterocycles. The summed E-state index contributed by atoms with van der Waals surface area (Å²) in [4.78, 5) is 24.3. The van der Waals surface area contributed by atoms with Gasteiger partial charge in [0.05, 0.1) is 16.3 Å². The monoisotopic (exact) mass is 290 g/mol. The van der Waals surface area contributed by atoms with Gasteiger partial charge in [0, 0.05) is 12.3 Å². The van der Waals surface area contributed by atoms with Crippen LogP contribution in [0.1, 0.15) is 6.92 Å².